The van der Waals surface area contributed by atoms with Crippen LogP contribution >= 0.6 is 0 Å². The van der Waals surface area contributed by atoms with Crippen molar-refractivity contribution in [1.29, 1.82) is 0 Å². The van der Waals surface area contributed by atoms with E-state index in [9.17, 15) is 13.2 Å². The van der Waals surface area contributed by atoms with Gasteiger partial charge in [0.15, 0.2) is 0 Å². The Kier molecular flexibility index (Phi) is 5.93. The molecule has 2 heterocycles. The Hall–Kier alpha value is -3.35. The lowest BCUT2D eigenvalue weighted by molar-refractivity contribution is 0.395. The molecule has 1 atom stereocenters. The van der Waals surface area contributed by atoms with Crippen LogP contribution in [0.4, 0.5) is 13.2 Å². The van der Waals surface area contributed by atoms with E-state index in [1.54, 1.807) is 12.1 Å². The molecule has 1 aliphatic rings. The van der Waals surface area contributed by atoms with Crippen molar-refractivity contribution in [3.05, 3.63) is 89.2 Å². The highest BCUT2D eigenvalue weighted by atomic mass is 19.1. The molecular weight excluding hydrogens is 403 g/mol. The molecule has 1 aliphatic heterocycles. The van der Waals surface area contributed by atoms with Crippen molar-refractivity contribution in [2.24, 2.45) is 5.92 Å². The van der Waals surface area contributed by atoms with Gasteiger partial charge in [0, 0.05) is 7.05 Å². The maximum absolute atomic E-state index is 14.1. The third-order valence-electron chi connectivity index (χ3n) is 5.61. The fourth-order valence-corrected chi connectivity index (χ4v) is 3.89. The van der Waals surface area contributed by atoms with Crippen LogP contribution in [0.25, 0.3) is 17.1 Å². The fraction of sp³-hybridized carbons (Fsp3) is 0.250. The molecule has 2 aromatic carbocycles. The molecule has 31 heavy (non-hydrogen) atoms. The van der Waals surface area contributed by atoms with Gasteiger partial charge in [-0.15, -0.1) is 0 Å². The summed E-state index contributed by atoms with van der Waals surface area (Å²) in [5.41, 5.74) is 2.35. The van der Waals surface area contributed by atoms with Crippen molar-refractivity contribution in [2.45, 2.75) is 26.2 Å². The number of halogens is 3. The van der Waals surface area contributed by atoms with E-state index in [2.05, 4.69) is 10.1 Å². The number of hydrogen-bond donors (Lipinski definition) is 0. The zero-order valence-electron chi connectivity index (χ0n) is 17.3. The number of rotatable bonds is 5. The van der Waals surface area contributed by atoms with E-state index in [0.29, 0.717) is 17.7 Å². The molecule has 0 N–H and O–H groups in total. The third kappa shape index (κ3) is 4.40. The van der Waals surface area contributed by atoms with Crippen LogP contribution in [0.3, 0.4) is 0 Å². The second kappa shape index (κ2) is 8.79. The van der Waals surface area contributed by atoms with E-state index in [0.717, 1.165) is 36.6 Å². The second-order valence-corrected chi connectivity index (χ2v) is 7.64. The Morgan fingerprint density at radius 1 is 1.10 bits per heavy atom. The molecule has 0 fully saturated rings. The Labute approximate surface area is 178 Å². The first-order valence-corrected chi connectivity index (χ1v) is 10.1. The molecule has 4 nitrogen and oxygen atoms in total. The van der Waals surface area contributed by atoms with Gasteiger partial charge < -0.3 is 9.42 Å². The third-order valence-corrected chi connectivity index (χ3v) is 5.61. The van der Waals surface area contributed by atoms with Gasteiger partial charge in [-0.3, -0.25) is 0 Å². The lowest BCUT2D eigenvalue weighted by atomic mass is 9.89. The molecule has 0 bridgehead atoms. The second-order valence-electron chi connectivity index (χ2n) is 7.64. The maximum atomic E-state index is 14.1. The summed E-state index contributed by atoms with van der Waals surface area (Å²) >= 11 is 0. The van der Waals surface area contributed by atoms with Gasteiger partial charge in [-0.1, -0.05) is 29.4 Å². The first-order chi connectivity index (χ1) is 14.9. The van der Waals surface area contributed by atoms with Crippen LogP contribution in [0.15, 0.2) is 64.8 Å². The largest absolute Gasteiger partial charge is 0.347 e. The van der Waals surface area contributed by atoms with E-state index in [1.165, 1.54) is 6.07 Å². The van der Waals surface area contributed by atoms with Gasteiger partial charge in [0.1, 0.15) is 23.1 Å². The molecule has 0 radical (unpaired) electrons. The average Bonchev–Trinajstić information content (AvgIpc) is 3.17. The standard InChI is InChI=1S/C24H22F3N3O/c1-15-16(9-10-17-6-3-4-8-20(17)26)7-5-13-30(2)22(15)24-28-23(29-31-24)19-14-18(25)11-12-21(19)27/h3-6,8,11-14,16H,7,9-10H2,1-2H3/t16-/m0/s1. The highest BCUT2D eigenvalue weighted by Gasteiger charge is 2.25. The molecule has 0 spiro atoms. The average molecular weight is 425 g/mol. The first kappa shape index (κ1) is 20.9. The molecule has 4 rings (SSSR count). The number of aromatic nitrogens is 2. The predicted molar refractivity (Wildman–Crippen MR) is 112 cm³/mol. The van der Waals surface area contributed by atoms with Crippen molar-refractivity contribution in [2.75, 3.05) is 7.05 Å². The molecular formula is C24H22F3N3O. The summed E-state index contributed by atoms with van der Waals surface area (Å²) < 4.78 is 47.2. The Balaban J connectivity index is 1.64. The highest BCUT2D eigenvalue weighted by Crippen LogP contribution is 2.34. The predicted octanol–water partition coefficient (Wildman–Crippen LogP) is 5.98. The summed E-state index contributed by atoms with van der Waals surface area (Å²) in [7, 11) is 1.86. The quantitative estimate of drug-likeness (QED) is 0.504. The summed E-state index contributed by atoms with van der Waals surface area (Å²) in [5, 5.41) is 3.87. The zero-order valence-corrected chi connectivity index (χ0v) is 17.3. The lowest BCUT2D eigenvalue weighted by Gasteiger charge is -2.20. The smallest absolute Gasteiger partial charge is 0.274 e. The molecule has 0 saturated heterocycles. The van der Waals surface area contributed by atoms with Gasteiger partial charge in [-0.25, -0.2) is 13.2 Å². The molecule has 0 aliphatic carbocycles. The number of aryl methyl sites for hydroxylation is 1. The Morgan fingerprint density at radius 3 is 2.71 bits per heavy atom. The van der Waals surface area contributed by atoms with Crippen molar-refractivity contribution >= 4 is 5.70 Å². The number of benzene rings is 2. The minimum absolute atomic E-state index is 0.0168. The molecule has 0 unspecified atom stereocenters. The zero-order chi connectivity index (χ0) is 22.0. The van der Waals surface area contributed by atoms with Crippen molar-refractivity contribution < 1.29 is 17.7 Å². The van der Waals surface area contributed by atoms with Gasteiger partial charge in [-0.05, 0) is 73.7 Å². The fourth-order valence-electron chi connectivity index (χ4n) is 3.89. The highest BCUT2D eigenvalue weighted by molar-refractivity contribution is 5.65. The summed E-state index contributed by atoms with van der Waals surface area (Å²) in [6, 6.07) is 9.89. The van der Waals surface area contributed by atoms with Crippen LogP contribution in [-0.4, -0.2) is 22.1 Å². The van der Waals surface area contributed by atoms with E-state index >= 15 is 0 Å². The number of hydrogen-bond acceptors (Lipinski definition) is 4. The van der Waals surface area contributed by atoms with Gasteiger partial charge in [0.05, 0.1) is 5.56 Å². The minimum Gasteiger partial charge on any atom is -0.347 e. The van der Waals surface area contributed by atoms with Crippen molar-refractivity contribution in [1.82, 2.24) is 15.0 Å². The molecule has 1 aromatic heterocycles. The van der Waals surface area contributed by atoms with Gasteiger partial charge in [0.2, 0.25) is 5.82 Å². The summed E-state index contributed by atoms with van der Waals surface area (Å²) in [4.78, 5) is 6.21. The van der Waals surface area contributed by atoms with Crippen molar-refractivity contribution in [3.8, 4) is 11.4 Å². The van der Waals surface area contributed by atoms with E-state index < -0.39 is 11.6 Å². The van der Waals surface area contributed by atoms with Crippen LogP contribution < -0.4 is 0 Å². The van der Waals surface area contributed by atoms with Crippen LogP contribution in [0.5, 0.6) is 0 Å². The van der Waals surface area contributed by atoms with Crippen LogP contribution in [0.1, 0.15) is 31.2 Å². The normalized spacial score (nSPS) is 16.7. The molecule has 0 saturated carbocycles. The van der Waals surface area contributed by atoms with Gasteiger partial charge in [-0.2, -0.15) is 4.98 Å². The Morgan fingerprint density at radius 2 is 1.90 bits per heavy atom. The van der Waals surface area contributed by atoms with Crippen LogP contribution in [0.2, 0.25) is 0 Å². The summed E-state index contributed by atoms with van der Waals surface area (Å²) in [5.74, 6) is -1.07. The van der Waals surface area contributed by atoms with E-state index in [4.69, 9.17) is 4.52 Å². The van der Waals surface area contributed by atoms with E-state index in [-0.39, 0.29) is 29.0 Å². The van der Waals surface area contributed by atoms with Crippen LogP contribution in [0, 0.1) is 23.4 Å². The number of nitrogens with zero attached hydrogens (tertiary/aromatic N) is 3. The Bertz CT molecular complexity index is 1150. The molecule has 160 valence electrons. The molecule has 0 amide bonds. The summed E-state index contributed by atoms with van der Waals surface area (Å²) in [6.45, 7) is 1.98. The molecule has 7 heteroatoms. The maximum Gasteiger partial charge on any atom is 0.274 e. The SMILES string of the molecule is CC1=C(c2nc(-c3cc(F)ccc3F)no2)N(C)C=CC[C@H]1CCc1ccccc1F. The topological polar surface area (TPSA) is 42.2 Å². The van der Waals surface area contributed by atoms with Gasteiger partial charge in [0.25, 0.3) is 5.89 Å². The number of allylic oxidation sites excluding steroid dienone is 2. The van der Waals surface area contributed by atoms with Crippen molar-refractivity contribution in [3.63, 3.8) is 0 Å². The van der Waals surface area contributed by atoms with Crippen LogP contribution in [-0.2, 0) is 6.42 Å². The summed E-state index contributed by atoms with van der Waals surface area (Å²) in [6.07, 6.45) is 6.09. The van der Waals surface area contributed by atoms with E-state index in [1.807, 2.05) is 37.2 Å². The molecule has 3 aromatic rings. The first-order valence-electron chi connectivity index (χ1n) is 10.1. The minimum atomic E-state index is -0.628. The van der Waals surface area contributed by atoms with Gasteiger partial charge >= 0.3 is 0 Å². The monoisotopic (exact) mass is 425 g/mol. The lowest BCUT2D eigenvalue weighted by Crippen LogP contribution is -2.13.